The molecule has 1 aromatic carbocycles. The molecule has 0 saturated carbocycles. The van der Waals surface area contributed by atoms with Crippen LogP contribution in [0.1, 0.15) is 35.5 Å². The number of aromatic amines is 1. The van der Waals surface area contributed by atoms with Gasteiger partial charge in [0.05, 0.1) is 30.0 Å². The molecular weight excluding hydrogens is 363 g/mol. The predicted molar refractivity (Wildman–Crippen MR) is 102 cm³/mol. The largest absolute Gasteiger partial charge is 0.372 e. The second-order valence-corrected chi connectivity index (χ2v) is 7.43. The van der Waals surface area contributed by atoms with Gasteiger partial charge < -0.3 is 14.5 Å². The molecule has 0 aliphatic carbocycles. The first-order chi connectivity index (χ1) is 13.4. The summed E-state index contributed by atoms with van der Waals surface area (Å²) in [5.41, 5.74) is 1.02. The Labute approximate surface area is 162 Å². The molecule has 1 fully saturated rings. The summed E-state index contributed by atoms with van der Waals surface area (Å²) in [6.07, 6.45) is 0.460. The molecule has 1 N–H and O–H groups in total. The number of nitrogens with one attached hydrogen (secondary N) is 1. The lowest BCUT2D eigenvalue weighted by atomic mass is 10.1. The number of anilines is 1. The molecule has 0 bridgehead atoms. The standard InChI is InChI=1S/C20H23FN4O3/c1-12-9-25(10-13(2)28-12)20-22-17-11-24(8-7-15(17)18(26)23-20)19(27)14-5-3-4-6-16(14)21/h3-6,12-13H,7-11H2,1-2H3,(H,22,23,26)/t12-,13-/m1/s1. The van der Waals surface area contributed by atoms with Gasteiger partial charge in [-0.1, -0.05) is 12.1 Å². The van der Waals surface area contributed by atoms with E-state index in [4.69, 9.17) is 4.74 Å². The Morgan fingerprint density at radius 2 is 1.96 bits per heavy atom. The molecule has 7 nitrogen and oxygen atoms in total. The lowest BCUT2D eigenvalue weighted by Gasteiger charge is -2.36. The summed E-state index contributed by atoms with van der Waals surface area (Å²) < 4.78 is 19.7. The zero-order valence-electron chi connectivity index (χ0n) is 15.9. The third-order valence-corrected chi connectivity index (χ3v) is 5.17. The van der Waals surface area contributed by atoms with Gasteiger partial charge in [0.1, 0.15) is 5.82 Å². The minimum atomic E-state index is -0.547. The maximum Gasteiger partial charge on any atom is 0.257 e. The van der Waals surface area contributed by atoms with E-state index in [1.165, 1.54) is 12.1 Å². The number of hydrogen-bond acceptors (Lipinski definition) is 5. The maximum absolute atomic E-state index is 14.0. The normalized spacial score (nSPS) is 22.1. The van der Waals surface area contributed by atoms with Crippen LogP contribution in [0.15, 0.2) is 29.1 Å². The summed E-state index contributed by atoms with van der Waals surface area (Å²) in [4.78, 5) is 36.4. The average molecular weight is 386 g/mol. The van der Waals surface area contributed by atoms with Gasteiger partial charge >= 0.3 is 0 Å². The van der Waals surface area contributed by atoms with Gasteiger partial charge in [-0.2, -0.15) is 0 Å². The third kappa shape index (κ3) is 3.52. The summed E-state index contributed by atoms with van der Waals surface area (Å²) >= 11 is 0. The molecule has 1 amide bonds. The van der Waals surface area contributed by atoms with Crippen LogP contribution < -0.4 is 10.5 Å². The first kappa shape index (κ1) is 18.6. The van der Waals surface area contributed by atoms with Crippen molar-refractivity contribution in [2.45, 2.75) is 39.0 Å². The van der Waals surface area contributed by atoms with Gasteiger partial charge in [0.25, 0.3) is 11.5 Å². The Balaban J connectivity index is 1.61. The highest BCUT2D eigenvalue weighted by atomic mass is 19.1. The molecule has 28 heavy (non-hydrogen) atoms. The van der Waals surface area contributed by atoms with Crippen molar-refractivity contribution in [1.82, 2.24) is 14.9 Å². The molecule has 2 aliphatic rings. The van der Waals surface area contributed by atoms with Crippen molar-refractivity contribution in [3.63, 3.8) is 0 Å². The molecule has 148 valence electrons. The van der Waals surface area contributed by atoms with E-state index >= 15 is 0 Å². The first-order valence-corrected chi connectivity index (χ1v) is 9.48. The Hall–Kier alpha value is -2.74. The summed E-state index contributed by atoms with van der Waals surface area (Å²) in [5.74, 6) is -0.443. The van der Waals surface area contributed by atoms with Crippen LogP contribution in [0.5, 0.6) is 0 Å². The van der Waals surface area contributed by atoms with Crippen molar-refractivity contribution < 1.29 is 13.9 Å². The number of benzene rings is 1. The summed E-state index contributed by atoms with van der Waals surface area (Å²) in [5, 5.41) is 0. The van der Waals surface area contributed by atoms with Crippen molar-refractivity contribution in [3.05, 3.63) is 57.3 Å². The third-order valence-electron chi connectivity index (χ3n) is 5.17. The van der Waals surface area contributed by atoms with Crippen LogP contribution in [0.4, 0.5) is 10.3 Å². The number of halogens is 1. The van der Waals surface area contributed by atoms with Gasteiger partial charge in [-0.05, 0) is 32.4 Å². The maximum atomic E-state index is 14.0. The summed E-state index contributed by atoms with van der Waals surface area (Å²) in [7, 11) is 0. The fraction of sp³-hybridized carbons (Fsp3) is 0.450. The summed E-state index contributed by atoms with van der Waals surface area (Å²) in [6, 6.07) is 5.93. The fourth-order valence-electron chi connectivity index (χ4n) is 3.91. The lowest BCUT2D eigenvalue weighted by molar-refractivity contribution is -0.00575. The molecule has 2 atom stereocenters. The van der Waals surface area contributed by atoms with Gasteiger partial charge in [-0.15, -0.1) is 0 Å². The number of aromatic nitrogens is 2. The van der Waals surface area contributed by atoms with Gasteiger partial charge in [-0.25, -0.2) is 9.37 Å². The Kier molecular flexibility index (Phi) is 4.89. The van der Waals surface area contributed by atoms with Crippen LogP contribution in [0, 0.1) is 5.82 Å². The van der Waals surface area contributed by atoms with E-state index in [2.05, 4.69) is 9.97 Å². The SMILES string of the molecule is C[C@@H]1CN(c2nc3c(c(=O)[nH]2)CCN(C(=O)c2ccccc2F)C3)C[C@@H](C)O1. The second kappa shape index (κ2) is 7.35. The van der Waals surface area contributed by atoms with Gasteiger partial charge in [0.15, 0.2) is 0 Å². The van der Waals surface area contributed by atoms with Gasteiger partial charge in [0.2, 0.25) is 5.95 Å². The molecule has 8 heteroatoms. The zero-order chi connectivity index (χ0) is 19.8. The van der Waals surface area contributed by atoms with Crippen molar-refractivity contribution in [2.75, 3.05) is 24.5 Å². The topological polar surface area (TPSA) is 78.5 Å². The van der Waals surface area contributed by atoms with E-state index in [1.807, 2.05) is 18.7 Å². The van der Waals surface area contributed by atoms with Crippen molar-refractivity contribution in [1.29, 1.82) is 0 Å². The number of nitrogens with zero attached hydrogens (tertiary/aromatic N) is 3. The van der Waals surface area contributed by atoms with Crippen LogP contribution in [-0.4, -0.2) is 52.6 Å². The molecule has 1 aromatic heterocycles. The average Bonchev–Trinajstić information content (AvgIpc) is 2.66. The van der Waals surface area contributed by atoms with E-state index in [-0.39, 0.29) is 35.8 Å². The van der Waals surface area contributed by atoms with Crippen molar-refractivity contribution in [3.8, 4) is 0 Å². The smallest absolute Gasteiger partial charge is 0.257 e. The fourth-order valence-corrected chi connectivity index (χ4v) is 3.91. The molecule has 1 saturated heterocycles. The van der Waals surface area contributed by atoms with Crippen molar-refractivity contribution in [2.24, 2.45) is 0 Å². The van der Waals surface area contributed by atoms with Crippen LogP contribution in [-0.2, 0) is 17.7 Å². The number of hydrogen-bond donors (Lipinski definition) is 1. The molecule has 2 aromatic rings. The van der Waals surface area contributed by atoms with E-state index < -0.39 is 5.82 Å². The number of rotatable bonds is 2. The number of fused-ring (bicyclic) bond motifs is 1. The highest BCUT2D eigenvalue weighted by Gasteiger charge is 2.29. The number of amides is 1. The number of carbonyl (C=O) groups excluding carboxylic acids is 1. The highest BCUT2D eigenvalue weighted by molar-refractivity contribution is 5.94. The molecule has 3 heterocycles. The number of morpholine rings is 1. The quantitative estimate of drug-likeness (QED) is 0.850. The lowest BCUT2D eigenvalue weighted by Crippen LogP contribution is -2.47. The van der Waals surface area contributed by atoms with Crippen molar-refractivity contribution >= 4 is 11.9 Å². The number of ether oxygens (including phenoxy) is 1. The highest BCUT2D eigenvalue weighted by Crippen LogP contribution is 2.21. The van der Waals surface area contributed by atoms with Crippen LogP contribution >= 0.6 is 0 Å². The molecular formula is C20H23FN4O3. The summed E-state index contributed by atoms with van der Waals surface area (Å²) in [6.45, 7) is 5.76. The van der Waals surface area contributed by atoms with Crippen LogP contribution in [0.25, 0.3) is 0 Å². The van der Waals surface area contributed by atoms with E-state index in [0.29, 0.717) is 43.3 Å². The number of carbonyl (C=O) groups is 1. The first-order valence-electron chi connectivity index (χ1n) is 9.48. The second-order valence-electron chi connectivity index (χ2n) is 7.43. The molecule has 0 radical (unpaired) electrons. The van der Waals surface area contributed by atoms with Gasteiger partial charge in [0, 0.05) is 25.2 Å². The predicted octanol–water partition coefficient (Wildman–Crippen LogP) is 1.72. The van der Waals surface area contributed by atoms with E-state index in [0.717, 1.165) is 0 Å². The van der Waals surface area contributed by atoms with Crippen LogP contribution in [0.3, 0.4) is 0 Å². The van der Waals surface area contributed by atoms with Crippen LogP contribution in [0.2, 0.25) is 0 Å². The van der Waals surface area contributed by atoms with Gasteiger partial charge in [-0.3, -0.25) is 14.6 Å². The Bertz CT molecular complexity index is 951. The molecule has 4 rings (SSSR count). The van der Waals surface area contributed by atoms with E-state index in [1.54, 1.807) is 17.0 Å². The Morgan fingerprint density at radius 1 is 1.25 bits per heavy atom. The molecule has 0 spiro atoms. The molecule has 2 aliphatic heterocycles. The Morgan fingerprint density at radius 3 is 2.68 bits per heavy atom. The monoisotopic (exact) mass is 386 g/mol. The number of H-pyrrole nitrogens is 1. The van der Waals surface area contributed by atoms with E-state index in [9.17, 15) is 14.0 Å². The minimum Gasteiger partial charge on any atom is -0.372 e. The molecule has 0 unspecified atom stereocenters. The zero-order valence-corrected chi connectivity index (χ0v) is 15.9. The minimum absolute atomic E-state index is 0.0317.